The third-order valence-corrected chi connectivity index (χ3v) is 2.81. The summed E-state index contributed by atoms with van der Waals surface area (Å²) in [6.45, 7) is 1.73. The fourth-order valence-electron chi connectivity index (χ4n) is 1.76. The predicted molar refractivity (Wildman–Crippen MR) is 70.1 cm³/mol. The molecular weight excluding hydrogens is 215 g/mol. The molecule has 2 rings (SSSR count). The molecule has 0 amide bonds. The first-order chi connectivity index (χ1) is 8.09. The molecule has 0 aliphatic heterocycles. The third kappa shape index (κ3) is 2.23. The van der Waals surface area contributed by atoms with Gasteiger partial charge in [-0.15, -0.1) is 0 Å². The minimum absolute atomic E-state index is 0.271. The summed E-state index contributed by atoms with van der Waals surface area (Å²) < 4.78 is 13.3. The minimum atomic E-state index is -0.271. The number of aryl methyl sites for hydroxylation is 1. The number of hydrogen-bond donors (Lipinski definition) is 1. The molecule has 0 atom stereocenters. The minimum Gasteiger partial charge on any atom is -0.397 e. The van der Waals surface area contributed by atoms with Crippen molar-refractivity contribution in [2.75, 3.05) is 17.7 Å². The number of benzene rings is 2. The zero-order valence-corrected chi connectivity index (χ0v) is 9.94. The quantitative estimate of drug-likeness (QED) is 0.800. The molecule has 2 nitrogen and oxygen atoms in total. The molecule has 0 fully saturated rings. The molecule has 0 heterocycles. The standard InChI is InChI=1S/C14H15FN2/c1-10-8-14(13(16)9-12(10)15)17(2)11-6-4-3-5-7-11/h3-9H,16H2,1-2H3. The fraction of sp³-hybridized carbons (Fsp3) is 0.143. The first-order valence-corrected chi connectivity index (χ1v) is 5.44. The van der Waals surface area contributed by atoms with Crippen LogP contribution in [0.3, 0.4) is 0 Å². The average Bonchev–Trinajstić information content (AvgIpc) is 2.34. The van der Waals surface area contributed by atoms with Crippen molar-refractivity contribution in [2.45, 2.75) is 6.92 Å². The van der Waals surface area contributed by atoms with Crippen molar-refractivity contribution in [1.82, 2.24) is 0 Å². The molecule has 0 aliphatic rings. The Morgan fingerprint density at radius 1 is 1.12 bits per heavy atom. The summed E-state index contributed by atoms with van der Waals surface area (Å²) in [4.78, 5) is 1.95. The number of nitrogen functional groups attached to an aromatic ring is 1. The molecule has 2 N–H and O–H groups in total. The smallest absolute Gasteiger partial charge is 0.128 e. The molecule has 0 aromatic heterocycles. The molecule has 0 aliphatic carbocycles. The van der Waals surface area contributed by atoms with Crippen LogP contribution in [-0.4, -0.2) is 7.05 Å². The Kier molecular flexibility index (Phi) is 3.00. The largest absolute Gasteiger partial charge is 0.397 e. The third-order valence-electron chi connectivity index (χ3n) is 2.81. The van der Waals surface area contributed by atoms with Gasteiger partial charge in [-0.1, -0.05) is 18.2 Å². The summed E-state index contributed by atoms with van der Waals surface area (Å²) in [5, 5.41) is 0. The van der Waals surface area contributed by atoms with Crippen LogP contribution in [0.5, 0.6) is 0 Å². The number of halogens is 1. The van der Waals surface area contributed by atoms with Gasteiger partial charge in [0.05, 0.1) is 11.4 Å². The van der Waals surface area contributed by atoms with Crippen molar-refractivity contribution >= 4 is 17.1 Å². The van der Waals surface area contributed by atoms with Gasteiger partial charge in [-0.05, 0) is 36.8 Å². The number of para-hydroxylation sites is 1. The molecule has 2 aromatic rings. The monoisotopic (exact) mass is 230 g/mol. The van der Waals surface area contributed by atoms with Crippen LogP contribution in [0.25, 0.3) is 0 Å². The lowest BCUT2D eigenvalue weighted by atomic mass is 10.1. The van der Waals surface area contributed by atoms with Crippen LogP contribution >= 0.6 is 0 Å². The van der Waals surface area contributed by atoms with Gasteiger partial charge in [-0.25, -0.2) is 4.39 Å². The Balaban J connectivity index is 2.44. The highest BCUT2D eigenvalue weighted by Gasteiger charge is 2.10. The van der Waals surface area contributed by atoms with Crippen molar-refractivity contribution < 1.29 is 4.39 Å². The van der Waals surface area contributed by atoms with Crippen LogP contribution in [0.2, 0.25) is 0 Å². The average molecular weight is 230 g/mol. The summed E-state index contributed by atoms with van der Waals surface area (Å²) in [5.74, 6) is -0.271. The van der Waals surface area contributed by atoms with Crippen molar-refractivity contribution in [3.8, 4) is 0 Å². The van der Waals surface area contributed by atoms with Crippen LogP contribution in [-0.2, 0) is 0 Å². The second-order valence-corrected chi connectivity index (χ2v) is 4.05. The number of anilines is 3. The Bertz CT molecular complexity index is 523. The molecule has 3 heteroatoms. The van der Waals surface area contributed by atoms with Gasteiger partial charge in [0.25, 0.3) is 0 Å². The summed E-state index contributed by atoms with van der Waals surface area (Å²) in [5.41, 5.74) is 8.72. The van der Waals surface area contributed by atoms with Gasteiger partial charge in [0.2, 0.25) is 0 Å². The van der Waals surface area contributed by atoms with Gasteiger partial charge in [0.15, 0.2) is 0 Å². The van der Waals surface area contributed by atoms with Crippen LogP contribution in [0, 0.1) is 12.7 Å². The van der Waals surface area contributed by atoms with Gasteiger partial charge >= 0.3 is 0 Å². The SMILES string of the molecule is Cc1cc(N(C)c2ccccc2)c(N)cc1F. The van der Waals surface area contributed by atoms with E-state index < -0.39 is 0 Å². The lowest BCUT2D eigenvalue weighted by Gasteiger charge is -2.21. The number of nitrogens with two attached hydrogens (primary N) is 1. The summed E-state index contributed by atoms with van der Waals surface area (Å²) in [6.07, 6.45) is 0. The Morgan fingerprint density at radius 2 is 1.76 bits per heavy atom. The lowest BCUT2D eigenvalue weighted by molar-refractivity contribution is 0.619. The predicted octanol–water partition coefficient (Wildman–Crippen LogP) is 3.48. The lowest BCUT2D eigenvalue weighted by Crippen LogP contribution is -2.12. The van der Waals surface area contributed by atoms with E-state index in [1.165, 1.54) is 6.07 Å². The maximum absolute atomic E-state index is 13.3. The zero-order chi connectivity index (χ0) is 12.4. The fourth-order valence-corrected chi connectivity index (χ4v) is 1.76. The van der Waals surface area contributed by atoms with Crippen molar-refractivity contribution in [1.29, 1.82) is 0 Å². The van der Waals surface area contributed by atoms with Crippen LogP contribution < -0.4 is 10.6 Å². The van der Waals surface area contributed by atoms with E-state index in [-0.39, 0.29) is 5.82 Å². The molecule has 0 spiro atoms. The van der Waals surface area contributed by atoms with Crippen LogP contribution in [0.1, 0.15) is 5.56 Å². The summed E-state index contributed by atoms with van der Waals surface area (Å²) in [6, 6.07) is 13.0. The normalized spacial score (nSPS) is 10.3. The highest BCUT2D eigenvalue weighted by Crippen LogP contribution is 2.30. The van der Waals surface area contributed by atoms with Gasteiger partial charge in [-0.2, -0.15) is 0 Å². The highest BCUT2D eigenvalue weighted by atomic mass is 19.1. The van der Waals surface area contributed by atoms with Crippen molar-refractivity contribution in [3.63, 3.8) is 0 Å². The molecule has 0 unspecified atom stereocenters. The van der Waals surface area contributed by atoms with Gasteiger partial charge in [0.1, 0.15) is 5.82 Å². The zero-order valence-electron chi connectivity index (χ0n) is 9.94. The van der Waals surface area contributed by atoms with Gasteiger partial charge in [-0.3, -0.25) is 0 Å². The molecule has 0 saturated carbocycles. The number of rotatable bonds is 2. The van der Waals surface area contributed by atoms with E-state index in [4.69, 9.17) is 5.73 Å². The molecular formula is C14H15FN2. The topological polar surface area (TPSA) is 29.3 Å². The summed E-state index contributed by atoms with van der Waals surface area (Å²) >= 11 is 0. The maximum atomic E-state index is 13.3. The van der Waals surface area contributed by atoms with Crippen LogP contribution in [0.4, 0.5) is 21.5 Å². The van der Waals surface area contributed by atoms with E-state index in [0.29, 0.717) is 11.3 Å². The molecule has 88 valence electrons. The molecule has 2 aromatic carbocycles. The molecule has 17 heavy (non-hydrogen) atoms. The van der Waals surface area contributed by atoms with E-state index >= 15 is 0 Å². The Labute approximate surface area is 100 Å². The number of nitrogens with zero attached hydrogens (tertiary/aromatic N) is 1. The molecule has 0 bridgehead atoms. The van der Waals surface area contributed by atoms with Crippen molar-refractivity contribution in [2.24, 2.45) is 0 Å². The van der Waals surface area contributed by atoms with E-state index in [1.807, 2.05) is 42.3 Å². The second-order valence-electron chi connectivity index (χ2n) is 4.05. The summed E-state index contributed by atoms with van der Waals surface area (Å²) in [7, 11) is 1.92. The second kappa shape index (κ2) is 4.45. The molecule has 0 saturated heterocycles. The Morgan fingerprint density at radius 3 is 2.41 bits per heavy atom. The Hall–Kier alpha value is -2.03. The van der Waals surface area contributed by atoms with Gasteiger partial charge in [0, 0.05) is 12.7 Å². The van der Waals surface area contributed by atoms with Gasteiger partial charge < -0.3 is 10.6 Å². The first-order valence-electron chi connectivity index (χ1n) is 5.44. The van der Waals surface area contributed by atoms with E-state index in [1.54, 1.807) is 13.0 Å². The maximum Gasteiger partial charge on any atom is 0.128 e. The highest BCUT2D eigenvalue weighted by molar-refractivity contribution is 5.75. The van der Waals surface area contributed by atoms with E-state index in [2.05, 4.69) is 0 Å². The van der Waals surface area contributed by atoms with E-state index in [9.17, 15) is 4.39 Å². The van der Waals surface area contributed by atoms with Crippen molar-refractivity contribution in [3.05, 3.63) is 53.8 Å². The first kappa shape index (κ1) is 11.5. The van der Waals surface area contributed by atoms with E-state index in [0.717, 1.165) is 11.4 Å². The van der Waals surface area contributed by atoms with Crippen LogP contribution in [0.15, 0.2) is 42.5 Å². The number of hydrogen-bond acceptors (Lipinski definition) is 2. The molecule has 0 radical (unpaired) electrons.